The number of nitrogens with two attached hydrogens (primary N) is 1. The molecule has 1 atom stereocenters. The smallest absolute Gasteiger partial charge is 0.165 e. The van der Waals surface area contributed by atoms with Gasteiger partial charge in [0.2, 0.25) is 0 Å². The summed E-state index contributed by atoms with van der Waals surface area (Å²) in [7, 11) is 0. The lowest BCUT2D eigenvalue weighted by atomic mass is 10.1. The van der Waals surface area contributed by atoms with Crippen molar-refractivity contribution >= 4 is 32.7 Å². The number of anilines is 1. The van der Waals surface area contributed by atoms with E-state index in [2.05, 4.69) is 35.8 Å². The van der Waals surface area contributed by atoms with Crippen LogP contribution in [0.1, 0.15) is 12.8 Å². The minimum absolute atomic E-state index is 0.0355. The summed E-state index contributed by atoms with van der Waals surface area (Å²) in [4.78, 5) is 15.4. The quantitative estimate of drug-likeness (QED) is 0.631. The molecule has 1 saturated heterocycles. The second-order valence-corrected chi connectivity index (χ2v) is 7.54. The van der Waals surface area contributed by atoms with E-state index >= 15 is 0 Å². The fourth-order valence-corrected chi connectivity index (χ4v) is 3.82. The second-order valence-electron chi connectivity index (χ2n) is 6.69. The molecule has 0 amide bonds. The first-order chi connectivity index (χ1) is 13.1. The molecule has 0 aliphatic carbocycles. The predicted octanol–water partition coefficient (Wildman–Crippen LogP) is 3.91. The Morgan fingerprint density at radius 3 is 2.89 bits per heavy atom. The lowest BCUT2D eigenvalue weighted by molar-refractivity contribution is 0.546. The fourth-order valence-electron chi connectivity index (χ4n) is 3.51. The zero-order valence-corrected chi connectivity index (χ0v) is 16.1. The largest absolute Gasteiger partial charge is 0.356 e. The Bertz CT molecular complexity index is 997. The van der Waals surface area contributed by atoms with Crippen LogP contribution in [0.5, 0.6) is 0 Å². The third-order valence-corrected chi connectivity index (χ3v) is 5.50. The summed E-state index contributed by atoms with van der Waals surface area (Å²) in [5, 5.41) is 0.799. The lowest BCUT2D eigenvalue weighted by Crippen LogP contribution is -2.22. The predicted molar refractivity (Wildman–Crippen MR) is 104 cm³/mol. The van der Waals surface area contributed by atoms with Crippen LogP contribution in [-0.4, -0.2) is 34.6 Å². The van der Waals surface area contributed by atoms with Crippen LogP contribution < -0.4 is 10.6 Å². The van der Waals surface area contributed by atoms with Gasteiger partial charge < -0.3 is 10.6 Å². The highest BCUT2D eigenvalue weighted by Gasteiger charge is 2.26. The first kappa shape index (κ1) is 18.2. The normalized spacial score (nSPS) is 17.0. The monoisotopic (exact) mass is 433 g/mol. The van der Waals surface area contributed by atoms with Gasteiger partial charge >= 0.3 is 0 Å². The van der Waals surface area contributed by atoms with Crippen molar-refractivity contribution in [1.29, 1.82) is 0 Å². The molecule has 0 spiro atoms. The first-order valence-electron chi connectivity index (χ1n) is 8.78. The van der Waals surface area contributed by atoms with Crippen LogP contribution in [0, 0.1) is 17.6 Å². The van der Waals surface area contributed by atoms with Gasteiger partial charge in [-0.1, -0.05) is 0 Å². The van der Waals surface area contributed by atoms with Crippen LogP contribution in [0.4, 0.5) is 14.6 Å². The number of aromatic nitrogens is 3. The molecular weight excluding hydrogens is 416 g/mol. The summed E-state index contributed by atoms with van der Waals surface area (Å²) in [6.45, 7) is 2.32. The van der Waals surface area contributed by atoms with Crippen LogP contribution in [0.2, 0.25) is 0 Å². The summed E-state index contributed by atoms with van der Waals surface area (Å²) in [5.74, 6) is 0.225. The van der Waals surface area contributed by atoms with Gasteiger partial charge in [-0.15, -0.1) is 0 Å². The number of hydrogen-bond acceptors (Lipinski definition) is 5. The molecule has 2 N–H and O–H groups in total. The second kappa shape index (κ2) is 7.44. The molecule has 3 heterocycles. The van der Waals surface area contributed by atoms with E-state index in [0.717, 1.165) is 43.5 Å². The topological polar surface area (TPSA) is 67.9 Å². The minimum atomic E-state index is -0.579. The summed E-state index contributed by atoms with van der Waals surface area (Å²) in [5.41, 5.74) is 6.37. The molecule has 5 nitrogen and oxygen atoms in total. The SMILES string of the molecule is NCCC1CCN(c2nc(-c3cc(F)c(Br)cc3F)nc3ccncc23)C1. The Labute approximate surface area is 163 Å². The molecule has 0 saturated carbocycles. The Kier molecular flexibility index (Phi) is 5.01. The molecule has 1 fully saturated rings. The van der Waals surface area contributed by atoms with E-state index in [9.17, 15) is 8.78 Å². The van der Waals surface area contributed by atoms with Crippen LogP contribution in [-0.2, 0) is 0 Å². The van der Waals surface area contributed by atoms with Crippen LogP contribution in [0.3, 0.4) is 0 Å². The summed E-state index contributed by atoms with van der Waals surface area (Å²) < 4.78 is 28.5. The van der Waals surface area contributed by atoms with Crippen molar-refractivity contribution in [2.24, 2.45) is 11.7 Å². The van der Waals surface area contributed by atoms with Gasteiger partial charge in [0.1, 0.15) is 17.5 Å². The van der Waals surface area contributed by atoms with E-state index in [-0.39, 0.29) is 15.9 Å². The van der Waals surface area contributed by atoms with Gasteiger partial charge in [-0.05, 0) is 59.4 Å². The molecule has 1 aliphatic heterocycles. The van der Waals surface area contributed by atoms with Crippen molar-refractivity contribution < 1.29 is 8.78 Å². The highest BCUT2D eigenvalue weighted by Crippen LogP contribution is 2.33. The number of benzene rings is 1. The van der Waals surface area contributed by atoms with Crippen LogP contribution in [0.25, 0.3) is 22.3 Å². The average molecular weight is 434 g/mol. The maximum atomic E-state index is 14.5. The van der Waals surface area contributed by atoms with Gasteiger partial charge in [-0.3, -0.25) is 4.98 Å². The molecule has 140 valence electrons. The molecular formula is C19H18BrF2N5. The number of nitrogens with zero attached hydrogens (tertiary/aromatic N) is 4. The van der Waals surface area contributed by atoms with E-state index in [1.54, 1.807) is 18.5 Å². The number of rotatable bonds is 4. The maximum absolute atomic E-state index is 14.5. The number of pyridine rings is 1. The third-order valence-electron chi connectivity index (χ3n) is 4.89. The minimum Gasteiger partial charge on any atom is -0.356 e. The zero-order chi connectivity index (χ0) is 19.0. The summed E-state index contributed by atoms with van der Waals surface area (Å²) in [6.07, 6.45) is 5.32. The highest BCUT2D eigenvalue weighted by atomic mass is 79.9. The maximum Gasteiger partial charge on any atom is 0.165 e. The van der Waals surface area contributed by atoms with Crippen LogP contribution in [0.15, 0.2) is 35.1 Å². The van der Waals surface area contributed by atoms with E-state index in [4.69, 9.17) is 5.73 Å². The van der Waals surface area contributed by atoms with Crippen molar-refractivity contribution in [3.63, 3.8) is 0 Å². The van der Waals surface area contributed by atoms with Crippen molar-refractivity contribution in [2.45, 2.75) is 12.8 Å². The Morgan fingerprint density at radius 1 is 1.22 bits per heavy atom. The molecule has 8 heteroatoms. The standard InChI is InChI=1S/C19H18BrF2N5/c20-14-8-15(21)12(7-16(14)22)18-25-17-2-5-24-9-13(17)19(26-18)27-6-3-11(10-27)1-4-23/h2,5,7-9,11H,1,3-4,6,10,23H2. The third kappa shape index (κ3) is 3.51. The average Bonchev–Trinajstić information content (AvgIpc) is 3.12. The molecule has 4 rings (SSSR count). The molecule has 1 unspecified atom stereocenters. The van der Waals surface area contributed by atoms with E-state index in [1.165, 1.54) is 0 Å². The highest BCUT2D eigenvalue weighted by molar-refractivity contribution is 9.10. The van der Waals surface area contributed by atoms with Gasteiger partial charge in [0.15, 0.2) is 5.82 Å². The number of hydrogen-bond donors (Lipinski definition) is 1. The molecule has 1 aliphatic rings. The molecule has 0 radical (unpaired) electrons. The molecule has 3 aromatic rings. The van der Waals surface area contributed by atoms with Crippen molar-refractivity contribution in [2.75, 3.05) is 24.5 Å². The molecule has 2 aromatic heterocycles. The number of fused-ring (bicyclic) bond motifs is 1. The summed E-state index contributed by atoms with van der Waals surface area (Å²) in [6, 6.07) is 3.97. The van der Waals surface area contributed by atoms with Crippen molar-refractivity contribution in [3.05, 3.63) is 46.7 Å². The fraction of sp³-hybridized carbons (Fsp3) is 0.316. The summed E-state index contributed by atoms with van der Waals surface area (Å²) >= 11 is 3.00. The van der Waals surface area contributed by atoms with Crippen molar-refractivity contribution in [3.8, 4) is 11.4 Å². The Hall–Kier alpha value is -2.19. The molecule has 27 heavy (non-hydrogen) atoms. The van der Waals surface area contributed by atoms with Gasteiger partial charge in [-0.2, -0.15) is 0 Å². The molecule has 0 bridgehead atoms. The van der Waals surface area contributed by atoms with E-state index in [0.29, 0.717) is 23.8 Å². The van der Waals surface area contributed by atoms with E-state index < -0.39 is 11.6 Å². The number of halogens is 3. The lowest BCUT2D eigenvalue weighted by Gasteiger charge is -2.20. The van der Waals surface area contributed by atoms with Gasteiger partial charge in [0, 0.05) is 25.5 Å². The van der Waals surface area contributed by atoms with Crippen molar-refractivity contribution in [1.82, 2.24) is 15.0 Å². The Morgan fingerprint density at radius 2 is 2.07 bits per heavy atom. The Balaban J connectivity index is 1.83. The molecule has 1 aromatic carbocycles. The zero-order valence-electron chi connectivity index (χ0n) is 14.5. The van der Waals surface area contributed by atoms with Gasteiger partial charge in [0.25, 0.3) is 0 Å². The van der Waals surface area contributed by atoms with Gasteiger partial charge in [-0.25, -0.2) is 18.7 Å². The first-order valence-corrected chi connectivity index (χ1v) is 9.58. The van der Waals surface area contributed by atoms with Crippen LogP contribution >= 0.6 is 15.9 Å². The van der Waals surface area contributed by atoms with E-state index in [1.807, 2.05) is 0 Å². The van der Waals surface area contributed by atoms with Gasteiger partial charge in [0.05, 0.1) is 20.9 Å².